The first-order valence-corrected chi connectivity index (χ1v) is 26.0. The van der Waals surface area contributed by atoms with Crippen LogP contribution < -0.4 is 0 Å². The van der Waals surface area contributed by atoms with E-state index in [0.29, 0.717) is 57.8 Å². The number of carbonyl (C=O) groups excluding carboxylic acids is 2. The molecule has 3 aliphatic heterocycles. The monoisotopic (exact) mass is 1030 g/mol. The van der Waals surface area contributed by atoms with E-state index >= 15 is 4.79 Å². The summed E-state index contributed by atoms with van der Waals surface area (Å²) in [6.45, 7) is 12.2. The molecule has 0 spiro atoms. The fourth-order valence-corrected chi connectivity index (χ4v) is 15.2. The number of carbonyl (C=O) groups is 2. The van der Waals surface area contributed by atoms with Gasteiger partial charge in [0.05, 0.1) is 42.9 Å². The molecule has 8 rings (SSSR count). The Morgan fingerprint density at radius 3 is 1.89 bits per heavy atom. The number of aliphatic hydroxyl groups is 12. The van der Waals surface area contributed by atoms with Crippen molar-refractivity contribution in [1.29, 1.82) is 0 Å². The highest BCUT2D eigenvalue weighted by atomic mass is 16.8. The summed E-state index contributed by atoms with van der Waals surface area (Å²) in [5.74, 6) is -1.58. The Labute approximate surface area is 420 Å². The number of fused-ring (bicyclic) bond motifs is 7. The Morgan fingerprint density at radius 2 is 1.26 bits per heavy atom. The molecule has 0 aromatic rings. The zero-order valence-corrected chi connectivity index (χ0v) is 42.6. The summed E-state index contributed by atoms with van der Waals surface area (Å²) in [4.78, 5) is 29.3. The van der Waals surface area contributed by atoms with Crippen LogP contribution in [0.3, 0.4) is 0 Å². The van der Waals surface area contributed by atoms with Crippen LogP contribution in [0.4, 0.5) is 0 Å². The number of hydrogen-bond acceptors (Lipinski definition) is 21. The highest BCUT2D eigenvalue weighted by Gasteiger charge is 2.71. The van der Waals surface area contributed by atoms with Gasteiger partial charge in [-0.25, -0.2) is 0 Å². The smallest absolute Gasteiger partial charge is 0.315 e. The Balaban J connectivity index is 1.09. The van der Waals surface area contributed by atoms with Crippen LogP contribution in [-0.2, 0) is 42.7 Å². The summed E-state index contributed by atoms with van der Waals surface area (Å²) in [5.41, 5.74) is -2.40. The van der Waals surface area contributed by atoms with Crippen LogP contribution in [0.25, 0.3) is 0 Å². The topological polar surface area (TPSA) is 342 Å². The molecule has 3 saturated heterocycles. The lowest BCUT2D eigenvalue weighted by Gasteiger charge is -2.71. The molecule has 4 saturated carbocycles. The maximum absolute atomic E-state index is 15.4. The molecule has 25 atom stereocenters. The van der Waals surface area contributed by atoms with Gasteiger partial charge in [0.15, 0.2) is 12.6 Å². The van der Waals surface area contributed by atoms with Gasteiger partial charge >= 0.3 is 11.9 Å². The lowest BCUT2D eigenvalue weighted by molar-refractivity contribution is -0.363. The molecule has 0 amide bonds. The molecule has 21 nitrogen and oxygen atoms in total. The third-order valence-electron chi connectivity index (χ3n) is 19.9. The predicted octanol–water partition coefficient (Wildman–Crippen LogP) is -0.955. The van der Waals surface area contributed by atoms with Crippen LogP contribution in [-0.4, -0.2) is 204 Å². The molecular formula is C51H82O21. The molecule has 8 aliphatic rings. The zero-order valence-electron chi connectivity index (χ0n) is 42.6. The second-order valence-corrected chi connectivity index (χ2v) is 24.4. The molecule has 21 heteroatoms. The number of allylic oxidation sites excluding steroid dienone is 2. The van der Waals surface area contributed by atoms with Crippen molar-refractivity contribution in [1.82, 2.24) is 0 Å². The van der Waals surface area contributed by atoms with E-state index in [0.717, 1.165) is 12.0 Å². The molecule has 7 fully saturated rings. The lowest BCUT2D eigenvalue weighted by Crippen LogP contribution is -2.67. The van der Waals surface area contributed by atoms with Gasteiger partial charge in [0.1, 0.15) is 79.9 Å². The van der Waals surface area contributed by atoms with Crippen LogP contribution in [0.2, 0.25) is 0 Å². The number of ether oxygens (including phenoxy) is 7. The Bertz CT molecular complexity index is 1980. The van der Waals surface area contributed by atoms with Gasteiger partial charge in [-0.2, -0.15) is 0 Å². The summed E-state index contributed by atoms with van der Waals surface area (Å²) >= 11 is 0. The number of hydrogen-bond donors (Lipinski definition) is 12. The zero-order chi connectivity index (χ0) is 52.8. The van der Waals surface area contributed by atoms with Gasteiger partial charge in [-0.3, -0.25) is 9.59 Å². The SMILES string of the molecule is C[C@H](O)COC(=O)[C@@]1(C)[C@@H]2CC[C@]3(C)[C@H](CC=C4[C@@H]5CC(C)(C)CC[C@]5(C(=O)O[C@@H]5O[C@H](CO[C@@H]6O[C@H](CO)[C@@H](O)[C@H](O)[C@H]6O)[C@@H](O)[C@H](O[C@@H]6O[C@H](CO)[C@@H](O)[C@H](O)[C@H]6O)[C@H]5O)CC[C@]43C)[C@@]2(C)CC[C@@H]1O. The first-order chi connectivity index (χ1) is 33.6. The molecule has 12 N–H and O–H groups in total. The van der Waals surface area contributed by atoms with Crippen molar-refractivity contribution in [3.63, 3.8) is 0 Å². The van der Waals surface area contributed by atoms with Crippen molar-refractivity contribution >= 4 is 11.9 Å². The van der Waals surface area contributed by atoms with Crippen LogP contribution in [0.1, 0.15) is 113 Å². The van der Waals surface area contributed by atoms with Crippen LogP contribution in [0.5, 0.6) is 0 Å². The second-order valence-electron chi connectivity index (χ2n) is 24.4. The van der Waals surface area contributed by atoms with E-state index in [4.69, 9.17) is 33.2 Å². The minimum absolute atomic E-state index is 0.102. The normalized spacial score (nSPS) is 51.5. The fourth-order valence-electron chi connectivity index (χ4n) is 15.2. The summed E-state index contributed by atoms with van der Waals surface area (Å²) < 4.78 is 40.8. The van der Waals surface area contributed by atoms with Gasteiger partial charge in [0, 0.05) is 0 Å². The molecule has 0 radical (unpaired) electrons. The highest BCUT2D eigenvalue weighted by molar-refractivity contribution is 5.79. The van der Waals surface area contributed by atoms with Crippen molar-refractivity contribution in [2.75, 3.05) is 26.4 Å². The maximum Gasteiger partial charge on any atom is 0.315 e. The van der Waals surface area contributed by atoms with Gasteiger partial charge in [-0.1, -0.05) is 46.3 Å². The minimum atomic E-state index is -1.99. The second kappa shape index (κ2) is 20.4. The molecular weight excluding hydrogens is 949 g/mol. The van der Waals surface area contributed by atoms with Crippen molar-refractivity contribution in [3.8, 4) is 0 Å². The van der Waals surface area contributed by atoms with Crippen molar-refractivity contribution in [3.05, 3.63) is 11.6 Å². The van der Waals surface area contributed by atoms with E-state index in [1.807, 2.05) is 6.92 Å². The molecule has 0 bridgehead atoms. The number of esters is 2. The average Bonchev–Trinajstić information content (AvgIpc) is 3.33. The minimum Gasteiger partial charge on any atom is -0.462 e. The fraction of sp³-hybridized carbons (Fsp3) is 0.922. The molecule has 0 aromatic carbocycles. The van der Waals surface area contributed by atoms with Crippen LogP contribution in [0.15, 0.2) is 11.6 Å². The Morgan fingerprint density at radius 1 is 0.667 bits per heavy atom. The molecule has 3 heterocycles. The molecule has 72 heavy (non-hydrogen) atoms. The van der Waals surface area contributed by atoms with Gasteiger partial charge in [0.25, 0.3) is 0 Å². The van der Waals surface area contributed by atoms with E-state index in [-0.39, 0.29) is 40.6 Å². The van der Waals surface area contributed by atoms with E-state index in [1.165, 1.54) is 0 Å². The standard InChI is InChI=1S/C51H82O21/c1-23(54)21-67-44(64)50(7)30-10-13-49(6)29(47(30,4)12-11-31(50)55)9-8-24-25-18-46(2,3)14-16-51(25,17-15-48(24,49)5)45(65)72-43-39(63)40(71-42-38(62)36(60)33(57)27(20-53)69-42)34(58)28(70-43)22-66-41-37(61)35(59)32(56)26(19-52)68-41/h8,23,25-43,52-63H,9-22H2,1-7H3/t23-,25-,26+,27+,28+,29+,30+,31-,32+,33+,34+,35-,36-,37+,38+,39+,40-,41+,42-,43-,47+,48+,49+,50-,51-/m0/s1. The van der Waals surface area contributed by atoms with E-state index < -0.39 is 152 Å². The van der Waals surface area contributed by atoms with Gasteiger partial charge in [0.2, 0.25) is 6.29 Å². The summed E-state index contributed by atoms with van der Waals surface area (Å²) in [5, 5.41) is 128. The third kappa shape index (κ3) is 9.11. The first-order valence-electron chi connectivity index (χ1n) is 26.0. The van der Waals surface area contributed by atoms with Gasteiger partial charge in [-0.05, 0) is 117 Å². The average molecular weight is 1030 g/mol. The Kier molecular flexibility index (Phi) is 15.9. The number of rotatable bonds is 12. The number of aliphatic hydroxyl groups excluding tert-OH is 12. The predicted molar refractivity (Wildman–Crippen MR) is 247 cm³/mol. The van der Waals surface area contributed by atoms with Gasteiger partial charge < -0.3 is 94.4 Å². The Hall–Kier alpha value is -2.00. The molecule has 0 unspecified atom stereocenters. The lowest BCUT2D eigenvalue weighted by atomic mass is 9.33. The summed E-state index contributed by atoms with van der Waals surface area (Å²) in [6, 6.07) is 0. The molecule has 412 valence electrons. The van der Waals surface area contributed by atoms with Crippen LogP contribution >= 0.6 is 0 Å². The molecule has 5 aliphatic carbocycles. The van der Waals surface area contributed by atoms with Crippen molar-refractivity contribution in [2.45, 2.75) is 217 Å². The van der Waals surface area contributed by atoms with E-state index in [2.05, 4.69) is 40.7 Å². The van der Waals surface area contributed by atoms with Crippen LogP contribution in [0, 0.1) is 50.2 Å². The first kappa shape index (κ1) is 56.2. The van der Waals surface area contributed by atoms with E-state index in [1.54, 1.807) is 6.92 Å². The quantitative estimate of drug-likeness (QED) is 0.0828. The van der Waals surface area contributed by atoms with E-state index in [9.17, 15) is 66.1 Å². The van der Waals surface area contributed by atoms with Crippen molar-refractivity contribution in [2.24, 2.45) is 50.2 Å². The highest BCUT2D eigenvalue weighted by Crippen LogP contribution is 2.76. The largest absolute Gasteiger partial charge is 0.462 e. The molecule has 0 aromatic heterocycles. The van der Waals surface area contributed by atoms with Crippen molar-refractivity contribution < 1.29 is 104 Å². The summed E-state index contributed by atoms with van der Waals surface area (Å²) in [6.07, 6.45) is -19.9. The third-order valence-corrected chi connectivity index (χ3v) is 19.9. The van der Waals surface area contributed by atoms with Gasteiger partial charge in [-0.15, -0.1) is 0 Å². The summed E-state index contributed by atoms with van der Waals surface area (Å²) in [7, 11) is 0. The maximum atomic E-state index is 15.4.